The number of aliphatic hydroxyl groups excluding tert-OH is 2. The van der Waals surface area contributed by atoms with E-state index in [4.69, 9.17) is 16.0 Å². The van der Waals surface area contributed by atoms with Gasteiger partial charge in [0.05, 0.1) is 11.1 Å². The fourth-order valence-electron chi connectivity index (χ4n) is 1.43. The van der Waals surface area contributed by atoms with Crippen LogP contribution < -0.4 is 0 Å². The van der Waals surface area contributed by atoms with Gasteiger partial charge in [-0.05, 0) is 19.1 Å². The van der Waals surface area contributed by atoms with Crippen LogP contribution in [0.4, 0.5) is 0 Å². The maximum absolute atomic E-state index is 9.60. The molecule has 1 heterocycles. The number of para-hydroxylation sites is 1. The Kier molecular flexibility index (Phi) is 2.69. The maximum atomic E-state index is 9.60. The minimum absolute atomic E-state index is 0.327. The van der Waals surface area contributed by atoms with Gasteiger partial charge in [0.25, 0.3) is 0 Å². The number of aliphatic hydroxyl groups is 2. The third-order valence-corrected chi connectivity index (χ3v) is 2.56. The first kappa shape index (κ1) is 10.5. The van der Waals surface area contributed by atoms with Gasteiger partial charge in [-0.15, -0.1) is 0 Å². The molecule has 0 saturated heterocycles. The Hall–Kier alpha value is -1.03. The fraction of sp³-hybridized carbons (Fsp3) is 0.273. The third kappa shape index (κ3) is 1.86. The minimum atomic E-state index is -1.02. The van der Waals surface area contributed by atoms with Gasteiger partial charge >= 0.3 is 0 Å². The van der Waals surface area contributed by atoms with Crippen molar-refractivity contribution in [3.63, 3.8) is 0 Å². The average molecular weight is 227 g/mol. The number of benzene rings is 1. The Balaban J connectivity index is 2.52. The Morgan fingerprint density at radius 1 is 1.33 bits per heavy atom. The summed E-state index contributed by atoms with van der Waals surface area (Å²) in [6.07, 6.45) is -1.89. The zero-order valence-electron chi connectivity index (χ0n) is 8.14. The predicted molar refractivity (Wildman–Crippen MR) is 57.9 cm³/mol. The molecule has 2 N–H and O–H groups in total. The van der Waals surface area contributed by atoms with Gasteiger partial charge in [0.2, 0.25) is 0 Å². The van der Waals surface area contributed by atoms with Gasteiger partial charge in [0.15, 0.2) is 5.58 Å². The highest BCUT2D eigenvalue weighted by molar-refractivity contribution is 6.34. The summed E-state index contributed by atoms with van der Waals surface area (Å²) in [6, 6.07) is 7.03. The summed E-state index contributed by atoms with van der Waals surface area (Å²) >= 11 is 5.92. The Morgan fingerprint density at radius 2 is 2.07 bits per heavy atom. The van der Waals surface area contributed by atoms with Crippen LogP contribution in [-0.2, 0) is 0 Å². The summed E-state index contributed by atoms with van der Waals surface area (Å²) < 4.78 is 5.38. The molecule has 3 nitrogen and oxygen atoms in total. The topological polar surface area (TPSA) is 53.6 Å². The van der Waals surface area contributed by atoms with E-state index < -0.39 is 12.2 Å². The van der Waals surface area contributed by atoms with Gasteiger partial charge in [-0.2, -0.15) is 0 Å². The smallest absolute Gasteiger partial charge is 0.152 e. The molecule has 0 bridgehead atoms. The summed E-state index contributed by atoms with van der Waals surface area (Å²) in [4.78, 5) is 0. The molecule has 1 aromatic carbocycles. The minimum Gasteiger partial charge on any atom is -0.457 e. The molecule has 2 rings (SSSR count). The van der Waals surface area contributed by atoms with E-state index in [2.05, 4.69) is 0 Å². The van der Waals surface area contributed by atoms with Crippen LogP contribution in [0.2, 0.25) is 5.02 Å². The van der Waals surface area contributed by atoms with Crippen LogP contribution in [0.3, 0.4) is 0 Å². The lowest BCUT2D eigenvalue weighted by Gasteiger charge is -2.09. The number of rotatable bonds is 2. The van der Waals surface area contributed by atoms with E-state index in [0.717, 1.165) is 5.39 Å². The molecule has 1 aromatic heterocycles. The molecule has 4 heteroatoms. The van der Waals surface area contributed by atoms with Crippen molar-refractivity contribution in [1.82, 2.24) is 0 Å². The molecule has 0 spiro atoms. The first-order chi connectivity index (χ1) is 7.09. The van der Waals surface area contributed by atoms with Gasteiger partial charge in [0, 0.05) is 5.39 Å². The molecular formula is C11H11ClO3. The summed E-state index contributed by atoms with van der Waals surface area (Å²) in [6.45, 7) is 1.50. The molecule has 2 aromatic rings. The van der Waals surface area contributed by atoms with E-state index in [1.54, 1.807) is 18.2 Å². The predicted octanol–water partition coefficient (Wildman–Crippen LogP) is 2.50. The SMILES string of the molecule is CC(O)C(O)c1cc2cccc(Cl)c2o1. The zero-order valence-corrected chi connectivity index (χ0v) is 8.90. The molecule has 0 aliphatic heterocycles. The largest absolute Gasteiger partial charge is 0.457 e. The van der Waals surface area contributed by atoms with Crippen molar-refractivity contribution in [1.29, 1.82) is 0 Å². The molecule has 0 amide bonds. The molecule has 2 unspecified atom stereocenters. The van der Waals surface area contributed by atoms with E-state index in [1.807, 2.05) is 6.07 Å². The van der Waals surface area contributed by atoms with Crippen LogP contribution in [0.25, 0.3) is 11.0 Å². The lowest BCUT2D eigenvalue weighted by Crippen LogP contribution is -2.12. The number of hydrogen-bond donors (Lipinski definition) is 2. The highest BCUT2D eigenvalue weighted by atomic mass is 35.5. The number of hydrogen-bond acceptors (Lipinski definition) is 3. The van der Waals surface area contributed by atoms with Crippen LogP contribution in [0.1, 0.15) is 18.8 Å². The summed E-state index contributed by atoms with van der Waals surface area (Å²) in [5, 5.41) is 20.1. The maximum Gasteiger partial charge on any atom is 0.152 e. The number of fused-ring (bicyclic) bond motifs is 1. The van der Waals surface area contributed by atoms with E-state index in [-0.39, 0.29) is 0 Å². The van der Waals surface area contributed by atoms with Crippen LogP contribution >= 0.6 is 11.6 Å². The second-order valence-corrected chi connectivity index (χ2v) is 3.90. The molecule has 0 aliphatic carbocycles. The number of furan rings is 1. The van der Waals surface area contributed by atoms with Crippen molar-refractivity contribution in [3.8, 4) is 0 Å². The van der Waals surface area contributed by atoms with Gasteiger partial charge in [-0.3, -0.25) is 0 Å². The standard InChI is InChI=1S/C11H11ClO3/c1-6(13)10(14)9-5-7-3-2-4-8(12)11(7)15-9/h2-6,10,13-14H,1H3. The highest BCUT2D eigenvalue weighted by Gasteiger charge is 2.18. The lowest BCUT2D eigenvalue weighted by molar-refractivity contribution is 0.0178. The van der Waals surface area contributed by atoms with Crippen molar-refractivity contribution >= 4 is 22.6 Å². The van der Waals surface area contributed by atoms with E-state index in [9.17, 15) is 10.2 Å². The second kappa shape index (κ2) is 3.85. The lowest BCUT2D eigenvalue weighted by atomic mass is 10.1. The monoisotopic (exact) mass is 226 g/mol. The normalized spacial score (nSPS) is 15.5. The molecule has 2 atom stereocenters. The Morgan fingerprint density at radius 3 is 2.67 bits per heavy atom. The summed E-state index contributed by atoms with van der Waals surface area (Å²) in [5.41, 5.74) is 0.536. The van der Waals surface area contributed by atoms with Crippen LogP contribution in [-0.4, -0.2) is 16.3 Å². The summed E-state index contributed by atoms with van der Waals surface area (Å²) in [5.74, 6) is 0.327. The molecular weight excluding hydrogens is 216 g/mol. The van der Waals surface area contributed by atoms with Crippen LogP contribution in [0.5, 0.6) is 0 Å². The van der Waals surface area contributed by atoms with Gasteiger partial charge in [-0.25, -0.2) is 0 Å². The molecule has 0 radical (unpaired) electrons. The Labute approximate surface area is 91.9 Å². The van der Waals surface area contributed by atoms with Crippen molar-refractivity contribution in [2.24, 2.45) is 0 Å². The van der Waals surface area contributed by atoms with E-state index >= 15 is 0 Å². The molecule has 0 saturated carbocycles. The number of halogens is 1. The van der Waals surface area contributed by atoms with Crippen LogP contribution in [0.15, 0.2) is 28.7 Å². The van der Waals surface area contributed by atoms with Crippen molar-refractivity contribution in [2.75, 3.05) is 0 Å². The Bertz CT molecular complexity index is 476. The second-order valence-electron chi connectivity index (χ2n) is 3.49. The highest BCUT2D eigenvalue weighted by Crippen LogP contribution is 2.30. The van der Waals surface area contributed by atoms with Crippen molar-refractivity contribution in [2.45, 2.75) is 19.1 Å². The van der Waals surface area contributed by atoms with Crippen molar-refractivity contribution in [3.05, 3.63) is 35.0 Å². The first-order valence-electron chi connectivity index (χ1n) is 4.63. The fourth-order valence-corrected chi connectivity index (χ4v) is 1.65. The van der Waals surface area contributed by atoms with Crippen LogP contribution in [0, 0.1) is 0 Å². The third-order valence-electron chi connectivity index (χ3n) is 2.26. The zero-order chi connectivity index (χ0) is 11.0. The molecule has 80 valence electrons. The van der Waals surface area contributed by atoms with Gasteiger partial charge in [0.1, 0.15) is 11.9 Å². The van der Waals surface area contributed by atoms with E-state index in [1.165, 1.54) is 6.92 Å². The van der Waals surface area contributed by atoms with Gasteiger partial charge < -0.3 is 14.6 Å². The molecule has 15 heavy (non-hydrogen) atoms. The summed E-state index contributed by atoms with van der Waals surface area (Å²) in [7, 11) is 0. The molecule has 0 fully saturated rings. The van der Waals surface area contributed by atoms with E-state index in [0.29, 0.717) is 16.4 Å². The van der Waals surface area contributed by atoms with Crippen molar-refractivity contribution < 1.29 is 14.6 Å². The van der Waals surface area contributed by atoms with Gasteiger partial charge in [-0.1, -0.05) is 23.7 Å². The quantitative estimate of drug-likeness (QED) is 0.827. The average Bonchev–Trinajstić information content (AvgIpc) is 2.61. The first-order valence-corrected chi connectivity index (χ1v) is 5.01. The molecule has 0 aliphatic rings.